The first-order chi connectivity index (χ1) is 11.1. The summed E-state index contributed by atoms with van der Waals surface area (Å²) in [6.07, 6.45) is 4.34. The number of aliphatic imine (C=N–C) groups is 1. The van der Waals surface area contributed by atoms with Crippen LogP contribution in [0, 0.1) is 6.92 Å². The number of rotatable bonds is 4. The fourth-order valence-electron chi connectivity index (χ4n) is 2.11. The number of nitrogens with zero attached hydrogens (tertiary/aromatic N) is 3. The molecular formula is C14H18N6O3S. The average molecular weight is 350 g/mol. The molecule has 0 aliphatic heterocycles. The number of aromatic nitrogens is 2. The zero-order valence-electron chi connectivity index (χ0n) is 13.4. The average Bonchev–Trinajstić information content (AvgIpc) is 2.82. The Kier molecular flexibility index (Phi) is 4.60. The van der Waals surface area contributed by atoms with E-state index in [0.717, 1.165) is 6.26 Å². The number of guanidine groups is 1. The van der Waals surface area contributed by atoms with Crippen LogP contribution in [0.2, 0.25) is 0 Å². The summed E-state index contributed by atoms with van der Waals surface area (Å²) in [7, 11) is -1.85. The summed E-state index contributed by atoms with van der Waals surface area (Å²) < 4.78 is 25.9. The van der Waals surface area contributed by atoms with E-state index in [2.05, 4.69) is 15.3 Å². The van der Waals surface area contributed by atoms with Crippen molar-refractivity contribution in [2.45, 2.75) is 11.8 Å². The summed E-state index contributed by atoms with van der Waals surface area (Å²) in [6.45, 7) is 1.66. The van der Waals surface area contributed by atoms with Gasteiger partial charge in [0.2, 0.25) is 5.95 Å². The van der Waals surface area contributed by atoms with Gasteiger partial charge in [-0.1, -0.05) is 0 Å². The highest BCUT2D eigenvalue weighted by molar-refractivity contribution is 7.90. The van der Waals surface area contributed by atoms with E-state index in [9.17, 15) is 13.2 Å². The van der Waals surface area contributed by atoms with Crippen LogP contribution < -0.4 is 16.8 Å². The molecule has 2 aromatic rings. The molecule has 0 unspecified atom stereocenters. The van der Waals surface area contributed by atoms with Gasteiger partial charge in [-0.15, -0.1) is 0 Å². The first kappa shape index (κ1) is 17.5. The van der Waals surface area contributed by atoms with E-state index in [1.165, 1.54) is 6.07 Å². The third-order valence-electron chi connectivity index (χ3n) is 3.25. The van der Waals surface area contributed by atoms with E-state index >= 15 is 0 Å². The number of benzene rings is 1. The lowest BCUT2D eigenvalue weighted by atomic mass is 10.1. The highest BCUT2D eigenvalue weighted by Crippen LogP contribution is 2.28. The summed E-state index contributed by atoms with van der Waals surface area (Å²) in [6, 6.07) is 2.80. The van der Waals surface area contributed by atoms with Crippen LogP contribution in [0.4, 0.5) is 11.6 Å². The summed E-state index contributed by atoms with van der Waals surface area (Å²) in [5.41, 5.74) is 11.4. The molecule has 0 radical (unpaired) electrons. The van der Waals surface area contributed by atoms with Crippen molar-refractivity contribution >= 4 is 33.3 Å². The molecule has 5 N–H and O–H groups in total. The molecule has 1 heterocycles. The maximum Gasteiger partial charge on any atom is 0.280 e. The lowest BCUT2D eigenvalue weighted by Gasteiger charge is -2.13. The number of carbonyl (C=O) groups is 1. The van der Waals surface area contributed by atoms with Crippen molar-refractivity contribution in [2.24, 2.45) is 23.5 Å². The summed E-state index contributed by atoms with van der Waals surface area (Å²) in [5, 5.41) is 2.95. The molecule has 24 heavy (non-hydrogen) atoms. The fraction of sp³-hybridized carbons (Fsp3) is 0.214. The summed E-state index contributed by atoms with van der Waals surface area (Å²) in [4.78, 5) is 19.6. The van der Waals surface area contributed by atoms with Gasteiger partial charge in [0.1, 0.15) is 0 Å². The van der Waals surface area contributed by atoms with Crippen molar-refractivity contribution in [3.05, 3.63) is 35.7 Å². The number of hydrogen-bond acceptors (Lipinski definition) is 5. The highest BCUT2D eigenvalue weighted by Gasteiger charge is 2.20. The predicted molar refractivity (Wildman–Crippen MR) is 90.9 cm³/mol. The molecule has 9 nitrogen and oxygen atoms in total. The first-order valence-corrected chi connectivity index (χ1v) is 8.71. The molecule has 0 spiro atoms. The van der Waals surface area contributed by atoms with Crippen LogP contribution >= 0.6 is 0 Å². The van der Waals surface area contributed by atoms with Gasteiger partial charge >= 0.3 is 0 Å². The Labute approximate surface area is 139 Å². The van der Waals surface area contributed by atoms with E-state index in [-0.39, 0.29) is 10.5 Å². The third kappa shape index (κ3) is 3.71. The molecule has 0 saturated heterocycles. The topological polar surface area (TPSA) is 145 Å². The summed E-state index contributed by atoms with van der Waals surface area (Å²) >= 11 is 0. The number of amides is 1. The maximum absolute atomic E-state index is 12.1. The Morgan fingerprint density at radius 2 is 2.00 bits per heavy atom. The number of carbonyl (C=O) groups excluding carboxylic acids is 1. The Hall–Kier alpha value is -2.88. The van der Waals surface area contributed by atoms with Gasteiger partial charge in [0, 0.05) is 31.3 Å². The number of nitrogens with two attached hydrogens (primary N) is 2. The Morgan fingerprint density at radius 3 is 2.50 bits per heavy atom. The normalized spacial score (nSPS) is 11.1. The van der Waals surface area contributed by atoms with Gasteiger partial charge in [-0.05, 0) is 24.6 Å². The zero-order valence-corrected chi connectivity index (χ0v) is 14.3. The van der Waals surface area contributed by atoms with Gasteiger partial charge in [-0.3, -0.25) is 4.79 Å². The SMILES string of the molecule is Cc1cc(Nc2nccn2C)c(S(C)(=O)=O)cc1C(=O)N=C(N)N. The second kappa shape index (κ2) is 6.32. The third-order valence-corrected chi connectivity index (χ3v) is 4.39. The first-order valence-electron chi connectivity index (χ1n) is 6.82. The van der Waals surface area contributed by atoms with Crippen molar-refractivity contribution in [1.82, 2.24) is 9.55 Å². The van der Waals surface area contributed by atoms with Crippen LogP contribution in [0.1, 0.15) is 15.9 Å². The molecule has 0 atom stereocenters. The van der Waals surface area contributed by atoms with Gasteiger partial charge < -0.3 is 21.4 Å². The minimum Gasteiger partial charge on any atom is -0.370 e. The molecule has 1 amide bonds. The van der Waals surface area contributed by atoms with E-state index < -0.39 is 21.7 Å². The number of nitrogens with one attached hydrogen (secondary N) is 1. The number of anilines is 2. The molecule has 0 fully saturated rings. The van der Waals surface area contributed by atoms with Crippen molar-refractivity contribution < 1.29 is 13.2 Å². The van der Waals surface area contributed by atoms with Gasteiger partial charge in [0.25, 0.3) is 5.91 Å². The van der Waals surface area contributed by atoms with Crippen LogP contribution in [0.15, 0.2) is 34.4 Å². The molecule has 0 aliphatic rings. The minimum atomic E-state index is -3.61. The molecule has 0 bridgehead atoms. The van der Waals surface area contributed by atoms with Crippen LogP contribution in [-0.2, 0) is 16.9 Å². The molecule has 1 aromatic carbocycles. The lowest BCUT2D eigenvalue weighted by molar-refractivity contribution is 0.100. The number of hydrogen-bond donors (Lipinski definition) is 3. The van der Waals surface area contributed by atoms with Crippen molar-refractivity contribution in [3.63, 3.8) is 0 Å². The molecule has 1 aromatic heterocycles. The molecular weight excluding hydrogens is 332 g/mol. The van der Waals surface area contributed by atoms with E-state index in [1.807, 2.05) is 0 Å². The molecule has 10 heteroatoms. The van der Waals surface area contributed by atoms with Gasteiger partial charge in [-0.2, -0.15) is 4.99 Å². The monoisotopic (exact) mass is 350 g/mol. The van der Waals surface area contributed by atoms with Gasteiger partial charge in [0.05, 0.1) is 10.6 Å². The molecule has 0 aliphatic carbocycles. The quantitative estimate of drug-likeness (QED) is 0.530. The van der Waals surface area contributed by atoms with Crippen LogP contribution in [0.3, 0.4) is 0 Å². The maximum atomic E-state index is 12.1. The van der Waals surface area contributed by atoms with E-state index in [1.54, 1.807) is 37.0 Å². The Morgan fingerprint density at radius 1 is 1.33 bits per heavy atom. The Balaban J connectivity index is 2.60. The van der Waals surface area contributed by atoms with Crippen LogP contribution in [0.5, 0.6) is 0 Å². The number of sulfone groups is 1. The smallest absolute Gasteiger partial charge is 0.280 e. The second-order valence-electron chi connectivity index (χ2n) is 5.26. The van der Waals surface area contributed by atoms with Crippen molar-refractivity contribution in [3.8, 4) is 0 Å². The standard InChI is InChI=1S/C14H18N6O3S/c1-8-6-10(18-14-17-4-5-20(14)2)11(24(3,22)23)7-9(8)12(21)19-13(15)16/h4-7H,1-3H3,(H,17,18)(H4,15,16,19,21). The molecule has 0 saturated carbocycles. The zero-order chi connectivity index (χ0) is 18.1. The molecule has 128 valence electrons. The predicted octanol–water partition coefficient (Wildman–Crippen LogP) is 0.289. The number of aryl methyl sites for hydroxylation is 2. The second-order valence-corrected chi connectivity index (χ2v) is 7.25. The van der Waals surface area contributed by atoms with E-state index in [0.29, 0.717) is 17.2 Å². The van der Waals surface area contributed by atoms with Crippen LogP contribution in [0.25, 0.3) is 0 Å². The lowest BCUT2D eigenvalue weighted by Crippen LogP contribution is -2.24. The van der Waals surface area contributed by atoms with Crippen molar-refractivity contribution in [1.29, 1.82) is 0 Å². The van der Waals surface area contributed by atoms with Gasteiger partial charge in [-0.25, -0.2) is 13.4 Å². The largest absolute Gasteiger partial charge is 0.370 e. The fourth-order valence-corrected chi connectivity index (χ4v) is 2.95. The van der Waals surface area contributed by atoms with Crippen molar-refractivity contribution in [2.75, 3.05) is 11.6 Å². The number of imidazole rings is 1. The Bertz CT molecular complexity index is 926. The van der Waals surface area contributed by atoms with Crippen LogP contribution in [-0.4, -0.2) is 36.1 Å². The highest BCUT2D eigenvalue weighted by atomic mass is 32.2. The molecule has 2 rings (SSSR count). The van der Waals surface area contributed by atoms with Gasteiger partial charge in [0.15, 0.2) is 15.8 Å². The summed E-state index contributed by atoms with van der Waals surface area (Å²) in [5.74, 6) is -0.640. The van der Waals surface area contributed by atoms with E-state index in [4.69, 9.17) is 11.5 Å². The minimum absolute atomic E-state index is 0.0507.